The number of hydrogen-bond donors (Lipinski definition) is 1. The number of likely N-dealkylation sites (N-methyl/N-ethyl adjacent to an activating group) is 1. The van der Waals surface area contributed by atoms with Crippen molar-refractivity contribution in [3.63, 3.8) is 0 Å². The van der Waals surface area contributed by atoms with Crippen LogP contribution < -0.4 is 5.73 Å². The van der Waals surface area contributed by atoms with Crippen LogP contribution >= 0.6 is 0 Å². The molecule has 13 heavy (non-hydrogen) atoms. The average Bonchev–Trinajstić information content (AvgIpc) is 2.86. The predicted molar refractivity (Wildman–Crippen MR) is 53.0 cm³/mol. The third kappa shape index (κ3) is 2.68. The molecule has 0 aromatic carbocycles. The van der Waals surface area contributed by atoms with Crippen LogP contribution in [0.25, 0.3) is 0 Å². The molecule has 1 fully saturated rings. The Morgan fingerprint density at radius 3 is 2.62 bits per heavy atom. The molecule has 1 atom stereocenters. The van der Waals surface area contributed by atoms with Crippen LogP contribution in [0.15, 0.2) is 0 Å². The van der Waals surface area contributed by atoms with E-state index in [9.17, 15) is 0 Å². The molecule has 0 aromatic rings. The first-order valence-electron chi connectivity index (χ1n) is 5.01. The zero-order valence-corrected chi connectivity index (χ0v) is 8.58. The molecule has 0 aliphatic heterocycles. The Balaban J connectivity index is 2.43. The van der Waals surface area contributed by atoms with Crippen LogP contribution in [0, 0.1) is 17.2 Å². The lowest BCUT2D eigenvalue weighted by atomic mass is 9.96. The molecule has 0 aromatic heterocycles. The van der Waals surface area contributed by atoms with Crippen LogP contribution in [0.1, 0.15) is 26.2 Å². The minimum atomic E-state index is -0.593. The second-order valence-electron chi connectivity index (χ2n) is 4.16. The van der Waals surface area contributed by atoms with E-state index < -0.39 is 5.54 Å². The summed E-state index contributed by atoms with van der Waals surface area (Å²) in [5.41, 5.74) is 5.44. The van der Waals surface area contributed by atoms with Crippen molar-refractivity contribution >= 4 is 0 Å². The van der Waals surface area contributed by atoms with Crippen molar-refractivity contribution in [1.82, 2.24) is 4.90 Å². The zero-order valence-electron chi connectivity index (χ0n) is 8.58. The smallest absolute Gasteiger partial charge is 0.119 e. The summed E-state index contributed by atoms with van der Waals surface area (Å²) >= 11 is 0. The maximum absolute atomic E-state index is 9.01. The third-order valence-electron chi connectivity index (χ3n) is 2.65. The first kappa shape index (κ1) is 10.5. The fourth-order valence-corrected chi connectivity index (χ4v) is 1.76. The van der Waals surface area contributed by atoms with Gasteiger partial charge in [-0.05, 0) is 38.8 Å². The van der Waals surface area contributed by atoms with Gasteiger partial charge in [-0.1, -0.05) is 6.92 Å². The van der Waals surface area contributed by atoms with Crippen LogP contribution in [-0.2, 0) is 0 Å². The van der Waals surface area contributed by atoms with Gasteiger partial charge < -0.3 is 10.6 Å². The number of nitrogens with two attached hydrogens (primary N) is 1. The number of hydrogen-bond acceptors (Lipinski definition) is 3. The molecule has 1 unspecified atom stereocenters. The van der Waals surface area contributed by atoms with Crippen LogP contribution in [0.5, 0.6) is 0 Å². The van der Waals surface area contributed by atoms with Crippen molar-refractivity contribution in [2.45, 2.75) is 31.7 Å². The van der Waals surface area contributed by atoms with Crippen molar-refractivity contribution in [3.05, 3.63) is 0 Å². The molecule has 0 spiro atoms. The maximum atomic E-state index is 9.01. The van der Waals surface area contributed by atoms with Gasteiger partial charge in [0.25, 0.3) is 0 Å². The quantitative estimate of drug-likeness (QED) is 0.687. The average molecular weight is 181 g/mol. The Hall–Kier alpha value is -0.590. The van der Waals surface area contributed by atoms with Crippen LogP contribution in [0.3, 0.4) is 0 Å². The standard InChI is InChI=1S/C10H19N3/c1-3-6-13(2)8-10(12,7-11)9-4-5-9/h9H,3-6,8,12H2,1-2H3. The molecule has 1 aliphatic carbocycles. The van der Waals surface area contributed by atoms with E-state index in [2.05, 4.69) is 17.9 Å². The van der Waals surface area contributed by atoms with Crippen LogP contribution in [-0.4, -0.2) is 30.6 Å². The minimum absolute atomic E-state index is 0.441. The van der Waals surface area contributed by atoms with E-state index in [0.29, 0.717) is 12.5 Å². The molecule has 1 aliphatic rings. The molecular weight excluding hydrogens is 162 g/mol. The van der Waals surface area contributed by atoms with E-state index >= 15 is 0 Å². The Morgan fingerprint density at radius 2 is 2.23 bits per heavy atom. The predicted octanol–water partition coefficient (Wildman–Crippen LogP) is 0.959. The monoisotopic (exact) mass is 181 g/mol. The minimum Gasteiger partial charge on any atom is -0.312 e. The Morgan fingerprint density at radius 1 is 1.62 bits per heavy atom. The van der Waals surface area contributed by atoms with Gasteiger partial charge in [0.1, 0.15) is 5.54 Å². The first-order chi connectivity index (χ1) is 6.12. The summed E-state index contributed by atoms with van der Waals surface area (Å²) in [5, 5.41) is 9.01. The van der Waals surface area contributed by atoms with Crippen molar-refractivity contribution in [2.24, 2.45) is 11.7 Å². The summed E-state index contributed by atoms with van der Waals surface area (Å²) in [7, 11) is 2.03. The highest BCUT2D eigenvalue weighted by molar-refractivity contribution is 5.14. The van der Waals surface area contributed by atoms with Crippen molar-refractivity contribution in [2.75, 3.05) is 20.1 Å². The molecule has 0 bridgehead atoms. The van der Waals surface area contributed by atoms with Gasteiger partial charge in [-0.15, -0.1) is 0 Å². The van der Waals surface area contributed by atoms with Gasteiger partial charge in [-0.3, -0.25) is 0 Å². The van der Waals surface area contributed by atoms with Gasteiger partial charge in [0.15, 0.2) is 0 Å². The molecule has 1 rings (SSSR count). The molecule has 0 saturated heterocycles. The summed E-state index contributed by atoms with van der Waals surface area (Å²) in [5.74, 6) is 0.441. The number of nitrogens with zero attached hydrogens (tertiary/aromatic N) is 2. The molecule has 3 nitrogen and oxygen atoms in total. The van der Waals surface area contributed by atoms with Gasteiger partial charge in [0.05, 0.1) is 6.07 Å². The topological polar surface area (TPSA) is 53.0 Å². The number of rotatable bonds is 5. The lowest BCUT2D eigenvalue weighted by molar-refractivity contribution is 0.264. The molecule has 74 valence electrons. The summed E-state index contributed by atoms with van der Waals surface area (Å²) in [6, 6.07) is 2.27. The molecule has 0 amide bonds. The SMILES string of the molecule is CCCN(C)CC(N)(C#N)C1CC1. The van der Waals surface area contributed by atoms with Gasteiger partial charge in [-0.25, -0.2) is 0 Å². The van der Waals surface area contributed by atoms with Crippen molar-refractivity contribution < 1.29 is 0 Å². The molecule has 0 radical (unpaired) electrons. The van der Waals surface area contributed by atoms with Crippen LogP contribution in [0.4, 0.5) is 0 Å². The van der Waals surface area contributed by atoms with Crippen molar-refractivity contribution in [1.29, 1.82) is 5.26 Å². The molecule has 3 heteroatoms. The summed E-state index contributed by atoms with van der Waals surface area (Å²) in [4.78, 5) is 2.15. The van der Waals surface area contributed by atoms with Crippen molar-refractivity contribution in [3.8, 4) is 6.07 Å². The second-order valence-corrected chi connectivity index (χ2v) is 4.16. The van der Waals surface area contributed by atoms with Gasteiger partial charge in [-0.2, -0.15) is 5.26 Å². The van der Waals surface area contributed by atoms with E-state index in [0.717, 1.165) is 25.8 Å². The van der Waals surface area contributed by atoms with E-state index in [1.165, 1.54) is 0 Å². The summed E-state index contributed by atoms with van der Waals surface area (Å²) in [6.07, 6.45) is 3.37. The Bertz CT molecular complexity index is 205. The highest BCUT2D eigenvalue weighted by atomic mass is 15.1. The Kier molecular flexibility index (Phi) is 3.29. The Labute approximate surface area is 80.5 Å². The largest absolute Gasteiger partial charge is 0.312 e. The first-order valence-corrected chi connectivity index (χ1v) is 5.01. The summed E-state index contributed by atoms with van der Waals surface area (Å²) in [6.45, 7) is 3.87. The molecule has 2 N–H and O–H groups in total. The molecular formula is C10H19N3. The van der Waals surface area contributed by atoms with E-state index in [-0.39, 0.29) is 0 Å². The lowest BCUT2D eigenvalue weighted by Gasteiger charge is -2.27. The molecule has 0 heterocycles. The van der Waals surface area contributed by atoms with Crippen LogP contribution in [0.2, 0.25) is 0 Å². The lowest BCUT2D eigenvalue weighted by Crippen LogP contribution is -2.50. The van der Waals surface area contributed by atoms with E-state index in [1.807, 2.05) is 7.05 Å². The second kappa shape index (κ2) is 4.08. The van der Waals surface area contributed by atoms with E-state index in [1.54, 1.807) is 0 Å². The molecule has 1 saturated carbocycles. The third-order valence-corrected chi connectivity index (χ3v) is 2.65. The fraction of sp³-hybridized carbons (Fsp3) is 0.900. The summed E-state index contributed by atoms with van der Waals surface area (Å²) < 4.78 is 0. The normalized spacial score (nSPS) is 21.2. The highest BCUT2D eigenvalue weighted by Gasteiger charge is 2.43. The van der Waals surface area contributed by atoms with Gasteiger partial charge in [0, 0.05) is 6.54 Å². The van der Waals surface area contributed by atoms with E-state index in [4.69, 9.17) is 11.0 Å². The fourth-order valence-electron chi connectivity index (χ4n) is 1.76. The van der Waals surface area contributed by atoms with Gasteiger partial charge in [0.2, 0.25) is 0 Å². The maximum Gasteiger partial charge on any atom is 0.119 e. The number of nitriles is 1. The highest BCUT2D eigenvalue weighted by Crippen LogP contribution is 2.38. The van der Waals surface area contributed by atoms with Gasteiger partial charge >= 0.3 is 0 Å². The zero-order chi connectivity index (χ0) is 9.90.